The number of aromatic nitrogens is 2. The van der Waals surface area contributed by atoms with E-state index in [1.807, 2.05) is 13.1 Å². The second kappa shape index (κ2) is 5.14. The Balaban J connectivity index is 2.24. The smallest absolute Gasteiger partial charge is 0.227 e. The van der Waals surface area contributed by atoms with E-state index in [4.69, 9.17) is 0 Å². The van der Waals surface area contributed by atoms with Crippen LogP contribution in [0.1, 0.15) is 31.9 Å². The third-order valence-corrected chi connectivity index (χ3v) is 2.92. The van der Waals surface area contributed by atoms with Gasteiger partial charge in [0.1, 0.15) is 5.82 Å². The van der Waals surface area contributed by atoms with Gasteiger partial charge in [0, 0.05) is 31.9 Å². The summed E-state index contributed by atoms with van der Waals surface area (Å²) < 4.78 is 0. The van der Waals surface area contributed by atoms with Crippen LogP contribution in [-0.4, -0.2) is 30.1 Å². The Morgan fingerprint density at radius 1 is 1.31 bits per heavy atom. The van der Waals surface area contributed by atoms with Crippen molar-refractivity contribution < 1.29 is 0 Å². The molecule has 0 saturated carbocycles. The molecule has 2 heterocycles. The summed E-state index contributed by atoms with van der Waals surface area (Å²) in [4.78, 5) is 11.4. The Bertz CT molecular complexity index is 345. The Morgan fingerprint density at radius 3 is 2.69 bits per heavy atom. The topological polar surface area (TPSA) is 41.1 Å². The maximum absolute atomic E-state index is 4.63. The number of anilines is 2. The van der Waals surface area contributed by atoms with Crippen LogP contribution in [0, 0.1) is 0 Å². The average Bonchev–Trinajstić information content (AvgIpc) is 2.82. The van der Waals surface area contributed by atoms with E-state index in [0.29, 0.717) is 0 Å². The van der Waals surface area contributed by atoms with Gasteiger partial charge in [0.15, 0.2) is 0 Å². The largest absolute Gasteiger partial charge is 0.373 e. The van der Waals surface area contributed by atoms with Crippen molar-refractivity contribution in [3.05, 3.63) is 11.8 Å². The Morgan fingerprint density at radius 2 is 2.06 bits per heavy atom. The second-order valence-corrected chi connectivity index (χ2v) is 4.24. The molecule has 1 saturated heterocycles. The molecule has 0 bridgehead atoms. The average molecular weight is 220 g/mol. The molecular formula is C12H20N4. The van der Waals surface area contributed by atoms with E-state index in [0.717, 1.165) is 43.4 Å². The normalized spacial score (nSPS) is 15.5. The van der Waals surface area contributed by atoms with Gasteiger partial charge < -0.3 is 10.2 Å². The van der Waals surface area contributed by atoms with Crippen LogP contribution in [0.15, 0.2) is 6.07 Å². The molecule has 0 amide bonds. The summed E-state index contributed by atoms with van der Waals surface area (Å²) in [6, 6.07) is 2.04. The van der Waals surface area contributed by atoms with Gasteiger partial charge in [-0.3, -0.25) is 0 Å². The fourth-order valence-electron chi connectivity index (χ4n) is 2.05. The number of rotatable bonds is 4. The van der Waals surface area contributed by atoms with Crippen molar-refractivity contribution in [1.82, 2.24) is 9.97 Å². The molecule has 1 aliphatic rings. The molecule has 16 heavy (non-hydrogen) atoms. The van der Waals surface area contributed by atoms with E-state index in [9.17, 15) is 0 Å². The zero-order valence-electron chi connectivity index (χ0n) is 10.2. The number of nitrogens with one attached hydrogen (secondary N) is 1. The zero-order valence-corrected chi connectivity index (χ0v) is 10.2. The van der Waals surface area contributed by atoms with Crippen molar-refractivity contribution >= 4 is 11.8 Å². The van der Waals surface area contributed by atoms with E-state index in [1.165, 1.54) is 12.8 Å². The molecule has 0 atom stereocenters. The predicted octanol–water partition coefficient (Wildman–Crippen LogP) is 2.07. The summed E-state index contributed by atoms with van der Waals surface area (Å²) in [7, 11) is 1.91. The minimum atomic E-state index is 0.896. The van der Waals surface area contributed by atoms with Gasteiger partial charge in [-0.2, -0.15) is 4.98 Å². The second-order valence-electron chi connectivity index (χ2n) is 4.24. The van der Waals surface area contributed by atoms with Crippen LogP contribution >= 0.6 is 0 Å². The molecule has 88 valence electrons. The first-order valence-electron chi connectivity index (χ1n) is 6.14. The van der Waals surface area contributed by atoms with Crippen molar-refractivity contribution in [2.24, 2.45) is 0 Å². The van der Waals surface area contributed by atoms with Crippen LogP contribution in [0.3, 0.4) is 0 Å². The third-order valence-electron chi connectivity index (χ3n) is 2.92. The Kier molecular flexibility index (Phi) is 3.59. The van der Waals surface area contributed by atoms with Gasteiger partial charge in [-0.1, -0.05) is 13.3 Å². The fourth-order valence-corrected chi connectivity index (χ4v) is 2.05. The highest BCUT2D eigenvalue weighted by Crippen LogP contribution is 2.19. The molecule has 0 aromatic carbocycles. The van der Waals surface area contributed by atoms with Gasteiger partial charge in [-0.05, 0) is 19.3 Å². The van der Waals surface area contributed by atoms with Crippen molar-refractivity contribution in [3.63, 3.8) is 0 Å². The first kappa shape index (κ1) is 11.2. The highest BCUT2D eigenvalue weighted by molar-refractivity contribution is 5.43. The van der Waals surface area contributed by atoms with Gasteiger partial charge in [0.05, 0.1) is 0 Å². The monoisotopic (exact) mass is 220 g/mol. The van der Waals surface area contributed by atoms with Gasteiger partial charge in [0.25, 0.3) is 0 Å². The summed E-state index contributed by atoms with van der Waals surface area (Å²) in [5, 5.41) is 3.11. The fraction of sp³-hybridized carbons (Fsp3) is 0.667. The SMILES string of the molecule is CCCc1cc(NC)nc(N2CCCC2)n1. The molecule has 4 heteroatoms. The molecule has 4 nitrogen and oxygen atoms in total. The van der Waals surface area contributed by atoms with Crippen molar-refractivity contribution in [2.45, 2.75) is 32.6 Å². The summed E-state index contributed by atoms with van der Waals surface area (Å²) in [5.74, 6) is 1.83. The number of hydrogen-bond donors (Lipinski definition) is 1. The van der Waals surface area contributed by atoms with Crippen LogP contribution in [0.5, 0.6) is 0 Å². The lowest BCUT2D eigenvalue weighted by Crippen LogP contribution is -2.21. The molecule has 1 aliphatic heterocycles. The summed E-state index contributed by atoms with van der Waals surface area (Å²) in [6.07, 6.45) is 4.67. The van der Waals surface area contributed by atoms with Gasteiger partial charge in [-0.15, -0.1) is 0 Å². The highest BCUT2D eigenvalue weighted by atomic mass is 15.3. The Hall–Kier alpha value is -1.32. The number of hydrogen-bond acceptors (Lipinski definition) is 4. The first-order chi connectivity index (χ1) is 7.83. The van der Waals surface area contributed by atoms with Crippen molar-refractivity contribution in [1.29, 1.82) is 0 Å². The lowest BCUT2D eigenvalue weighted by atomic mass is 10.2. The van der Waals surface area contributed by atoms with E-state index in [2.05, 4.69) is 27.1 Å². The van der Waals surface area contributed by atoms with Crippen molar-refractivity contribution in [3.8, 4) is 0 Å². The van der Waals surface area contributed by atoms with Crippen LogP contribution in [0.4, 0.5) is 11.8 Å². The highest BCUT2D eigenvalue weighted by Gasteiger charge is 2.16. The molecule has 2 rings (SSSR count). The van der Waals surface area contributed by atoms with Crippen LogP contribution < -0.4 is 10.2 Å². The molecule has 0 radical (unpaired) electrons. The predicted molar refractivity (Wildman–Crippen MR) is 67.0 cm³/mol. The van der Waals surface area contributed by atoms with Crippen LogP contribution in [-0.2, 0) is 6.42 Å². The molecular weight excluding hydrogens is 200 g/mol. The molecule has 0 unspecified atom stereocenters. The molecule has 0 aliphatic carbocycles. The lowest BCUT2D eigenvalue weighted by Gasteiger charge is -2.16. The Labute approximate surface area is 97.1 Å². The number of aryl methyl sites for hydroxylation is 1. The van der Waals surface area contributed by atoms with Crippen molar-refractivity contribution in [2.75, 3.05) is 30.4 Å². The van der Waals surface area contributed by atoms with Gasteiger partial charge >= 0.3 is 0 Å². The summed E-state index contributed by atoms with van der Waals surface area (Å²) in [6.45, 7) is 4.37. The van der Waals surface area contributed by atoms with E-state index in [-0.39, 0.29) is 0 Å². The van der Waals surface area contributed by atoms with Gasteiger partial charge in [-0.25, -0.2) is 4.98 Å². The zero-order chi connectivity index (χ0) is 11.4. The maximum Gasteiger partial charge on any atom is 0.227 e. The van der Waals surface area contributed by atoms with Crippen LogP contribution in [0.25, 0.3) is 0 Å². The minimum absolute atomic E-state index is 0.896. The molecule has 1 fully saturated rings. The molecule has 1 aromatic heterocycles. The molecule has 1 N–H and O–H groups in total. The quantitative estimate of drug-likeness (QED) is 0.843. The first-order valence-corrected chi connectivity index (χ1v) is 6.14. The molecule has 0 spiro atoms. The summed E-state index contributed by atoms with van der Waals surface area (Å²) in [5.41, 5.74) is 1.14. The maximum atomic E-state index is 4.63. The molecule has 1 aromatic rings. The minimum Gasteiger partial charge on any atom is -0.373 e. The lowest BCUT2D eigenvalue weighted by molar-refractivity contribution is 0.839. The summed E-state index contributed by atoms with van der Waals surface area (Å²) >= 11 is 0. The van der Waals surface area contributed by atoms with E-state index < -0.39 is 0 Å². The standard InChI is InChI=1S/C12H20N4/c1-3-6-10-9-11(13-2)15-12(14-10)16-7-4-5-8-16/h9H,3-8H2,1-2H3,(H,13,14,15). The van der Waals surface area contributed by atoms with Crippen LogP contribution in [0.2, 0.25) is 0 Å². The van der Waals surface area contributed by atoms with E-state index >= 15 is 0 Å². The van der Waals surface area contributed by atoms with Gasteiger partial charge in [0.2, 0.25) is 5.95 Å². The number of nitrogens with zero attached hydrogens (tertiary/aromatic N) is 3. The van der Waals surface area contributed by atoms with E-state index in [1.54, 1.807) is 0 Å². The third kappa shape index (κ3) is 2.43.